The summed E-state index contributed by atoms with van der Waals surface area (Å²) in [7, 11) is 0. The van der Waals surface area contributed by atoms with Gasteiger partial charge in [0, 0.05) is 0 Å². The van der Waals surface area contributed by atoms with Gasteiger partial charge in [-0.3, -0.25) is 0 Å². The highest BCUT2D eigenvalue weighted by molar-refractivity contribution is 5.87. The maximum Gasteiger partial charge on any atom is 0.119 e. The first-order chi connectivity index (χ1) is 9.36. The molecule has 0 aliphatic heterocycles. The van der Waals surface area contributed by atoms with Crippen molar-refractivity contribution < 1.29 is 10.2 Å². The van der Waals surface area contributed by atoms with Crippen LogP contribution in [0.3, 0.4) is 0 Å². The Kier molecular flexibility index (Phi) is 3.84. The molecule has 0 saturated carbocycles. The van der Waals surface area contributed by atoms with E-state index < -0.39 is 0 Å². The van der Waals surface area contributed by atoms with Crippen LogP contribution in [0.25, 0.3) is 10.8 Å². The highest BCUT2D eigenvalue weighted by atomic mass is 16.3. The van der Waals surface area contributed by atoms with Crippen molar-refractivity contribution in [2.24, 2.45) is 0 Å². The standard InChI is InChI=1S/C18H20O2/c1-11(2)5-15-7-13-10-18(20)16(6-12(3)4)8-14(13)9-17(15)19/h7-10,19-20H,1,3,5-6H2,2,4H3. The van der Waals surface area contributed by atoms with Crippen molar-refractivity contribution in [3.63, 3.8) is 0 Å². The normalized spacial score (nSPS) is 10.7. The zero-order valence-corrected chi connectivity index (χ0v) is 12.0. The molecule has 2 N–H and O–H groups in total. The highest BCUT2D eigenvalue weighted by Crippen LogP contribution is 2.32. The second-order valence-corrected chi connectivity index (χ2v) is 5.58. The molecule has 2 heteroatoms. The van der Waals surface area contributed by atoms with Crippen molar-refractivity contribution in [3.05, 3.63) is 59.7 Å². The molecule has 0 bridgehead atoms. The van der Waals surface area contributed by atoms with Gasteiger partial charge in [-0.2, -0.15) is 0 Å². The van der Waals surface area contributed by atoms with Crippen LogP contribution in [-0.2, 0) is 12.8 Å². The molecule has 20 heavy (non-hydrogen) atoms. The Morgan fingerprint density at radius 2 is 1.15 bits per heavy atom. The maximum absolute atomic E-state index is 10.1. The first-order valence-corrected chi connectivity index (χ1v) is 6.63. The molecule has 0 amide bonds. The number of hydrogen-bond acceptors (Lipinski definition) is 2. The summed E-state index contributed by atoms with van der Waals surface area (Å²) >= 11 is 0. The molecule has 0 aromatic heterocycles. The van der Waals surface area contributed by atoms with Crippen LogP contribution < -0.4 is 0 Å². The molecule has 0 atom stereocenters. The van der Waals surface area contributed by atoms with E-state index in [1.54, 1.807) is 12.1 Å². The van der Waals surface area contributed by atoms with Gasteiger partial charge in [-0.15, -0.1) is 0 Å². The fourth-order valence-corrected chi connectivity index (χ4v) is 2.35. The zero-order chi connectivity index (χ0) is 14.9. The molecular weight excluding hydrogens is 248 g/mol. The van der Waals surface area contributed by atoms with Crippen molar-refractivity contribution in [1.29, 1.82) is 0 Å². The summed E-state index contributed by atoms with van der Waals surface area (Å²) in [6.45, 7) is 11.6. The van der Waals surface area contributed by atoms with Crippen molar-refractivity contribution in [1.82, 2.24) is 0 Å². The van der Waals surface area contributed by atoms with Gasteiger partial charge in [0.15, 0.2) is 0 Å². The fourth-order valence-electron chi connectivity index (χ4n) is 2.35. The largest absolute Gasteiger partial charge is 0.508 e. The Morgan fingerprint density at radius 1 is 0.800 bits per heavy atom. The minimum absolute atomic E-state index is 0.271. The van der Waals surface area contributed by atoms with Crippen LogP contribution in [0.2, 0.25) is 0 Å². The molecule has 0 aliphatic rings. The third-order valence-electron chi connectivity index (χ3n) is 3.22. The van der Waals surface area contributed by atoms with Gasteiger partial charge in [-0.25, -0.2) is 0 Å². The highest BCUT2D eigenvalue weighted by Gasteiger charge is 2.08. The van der Waals surface area contributed by atoms with Crippen LogP contribution in [0.1, 0.15) is 25.0 Å². The van der Waals surface area contributed by atoms with Gasteiger partial charge in [0.05, 0.1) is 0 Å². The van der Waals surface area contributed by atoms with Crippen LogP contribution in [-0.4, -0.2) is 10.2 Å². The molecule has 0 heterocycles. The van der Waals surface area contributed by atoms with Gasteiger partial charge >= 0.3 is 0 Å². The Bertz CT molecular complexity index is 635. The van der Waals surface area contributed by atoms with Gasteiger partial charge in [0.25, 0.3) is 0 Å². The molecule has 0 unspecified atom stereocenters. The lowest BCUT2D eigenvalue weighted by molar-refractivity contribution is 0.468. The monoisotopic (exact) mass is 268 g/mol. The molecule has 2 aromatic rings. The van der Waals surface area contributed by atoms with Gasteiger partial charge in [-0.1, -0.05) is 24.3 Å². The lowest BCUT2D eigenvalue weighted by Gasteiger charge is -2.10. The summed E-state index contributed by atoms with van der Waals surface area (Å²) < 4.78 is 0. The lowest BCUT2D eigenvalue weighted by atomic mass is 9.97. The minimum atomic E-state index is 0.271. The quantitative estimate of drug-likeness (QED) is 0.802. The van der Waals surface area contributed by atoms with Crippen LogP contribution in [0.15, 0.2) is 48.6 Å². The van der Waals surface area contributed by atoms with E-state index in [1.165, 1.54) is 0 Å². The Hall–Kier alpha value is -2.22. The predicted molar refractivity (Wildman–Crippen MR) is 84.3 cm³/mol. The smallest absolute Gasteiger partial charge is 0.119 e. The molecule has 0 spiro atoms. The molecular formula is C18H20O2. The second kappa shape index (κ2) is 5.41. The summed E-state index contributed by atoms with van der Waals surface area (Å²) in [6, 6.07) is 7.30. The third kappa shape index (κ3) is 3.02. The number of rotatable bonds is 4. The van der Waals surface area contributed by atoms with Crippen molar-refractivity contribution in [2.75, 3.05) is 0 Å². The minimum Gasteiger partial charge on any atom is -0.508 e. The Balaban J connectivity index is 2.54. The number of allylic oxidation sites excluding steroid dienone is 2. The van der Waals surface area contributed by atoms with E-state index in [9.17, 15) is 10.2 Å². The predicted octanol–water partition coefficient (Wildman–Crippen LogP) is 4.49. The number of phenols is 2. The molecule has 2 aromatic carbocycles. The second-order valence-electron chi connectivity index (χ2n) is 5.58. The van der Waals surface area contributed by atoms with Crippen molar-refractivity contribution in [3.8, 4) is 11.5 Å². The number of phenolic OH excluding ortho intramolecular Hbond substituents is 2. The van der Waals surface area contributed by atoms with E-state index in [-0.39, 0.29) is 11.5 Å². The molecule has 0 fully saturated rings. The van der Waals surface area contributed by atoms with E-state index in [0.717, 1.165) is 33.0 Å². The molecule has 0 aliphatic carbocycles. The third-order valence-corrected chi connectivity index (χ3v) is 3.22. The molecule has 0 radical (unpaired) electrons. The van der Waals surface area contributed by atoms with E-state index in [0.29, 0.717) is 12.8 Å². The van der Waals surface area contributed by atoms with Crippen LogP contribution in [0.4, 0.5) is 0 Å². The van der Waals surface area contributed by atoms with E-state index >= 15 is 0 Å². The summed E-state index contributed by atoms with van der Waals surface area (Å²) in [5, 5.41) is 22.0. The Labute approximate surface area is 119 Å². The van der Waals surface area contributed by atoms with Crippen LogP contribution in [0, 0.1) is 0 Å². The van der Waals surface area contributed by atoms with Gasteiger partial charge < -0.3 is 10.2 Å². The van der Waals surface area contributed by atoms with Crippen molar-refractivity contribution >= 4 is 10.8 Å². The summed E-state index contributed by atoms with van der Waals surface area (Å²) in [5.41, 5.74) is 3.64. The fraction of sp³-hybridized carbons (Fsp3) is 0.222. The molecule has 2 nitrogen and oxygen atoms in total. The SMILES string of the molecule is C=C(C)Cc1cc2cc(O)c(CC(=C)C)cc2cc1O. The average Bonchev–Trinajstić information content (AvgIpc) is 2.31. The number of hydrogen-bond donors (Lipinski definition) is 2. The molecule has 2 rings (SSSR count). The first-order valence-electron chi connectivity index (χ1n) is 6.63. The Morgan fingerprint density at radius 3 is 1.45 bits per heavy atom. The summed E-state index contributed by atoms with van der Waals surface area (Å²) in [4.78, 5) is 0. The average molecular weight is 268 g/mol. The van der Waals surface area contributed by atoms with E-state index in [2.05, 4.69) is 13.2 Å². The maximum atomic E-state index is 10.1. The number of aromatic hydroxyl groups is 2. The van der Waals surface area contributed by atoms with Gasteiger partial charge in [0.2, 0.25) is 0 Å². The summed E-state index contributed by atoms with van der Waals surface area (Å²) in [6.07, 6.45) is 1.27. The van der Waals surface area contributed by atoms with Crippen molar-refractivity contribution in [2.45, 2.75) is 26.7 Å². The topological polar surface area (TPSA) is 40.5 Å². The zero-order valence-electron chi connectivity index (χ0n) is 12.0. The van der Waals surface area contributed by atoms with Crippen LogP contribution in [0.5, 0.6) is 11.5 Å². The van der Waals surface area contributed by atoms with Crippen LogP contribution >= 0.6 is 0 Å². The van der Waals surface area contributed by atoms with E-state index in [4.69, 9.17) is 0 Å². The number of benzene rings is 2. The lowest BCUT2D eigenvalue weighted by Crippen LogP contribution is -1.90. The number of fused-ring (bicyclic) bond motifs is 1. The first kappa shape index (κ1) is 14.2. The van der Waals surface area contributed by atoms with Gasteiger partial charge in [-0.05, 0) is 72.9 Å². The molecule has 0 saturated heterocycles. The summed E-state index contributed by atoms with van der Waals surface area (Å²) in [5.74, 6) is 0.542. The van der Waals surface area contributed by atoms with E-state index in [1.807, 2.05) is 26.0 Å². The molecule has 104 valence electrons. The van der Waals surface area contributed by atoms with Gasteiger partial charge in [0.1, 0.15) is 11.5 Å².